The Kier molecular flexibility index (Phi) is 7.88. The quantitative estimate of drug-likeness (QED) is 0.584. The van der Waals surface area contributed by atoms with E-state index >= 15 is 0 Å². The Labute approximate surface area is 179 Å². The molecule has 1 saturated heterocycles. The predicted octanol–water partition coefficient (Wildman–Crippen LogP) is 3.80. The molecular formula is C23H32N4O3. The normalized spacial score (nSPS) is 16.2. The van der Waals surface area contributed by atoms with E-state index in [0.29, 0.717) is 24.6 Å². The van der Waals surface area contributed by atoms with Crippen molar-refractivity contribution in [3.05, 3.63) is 42.0 Å². The largest absolute Gasteiger partial charge is 0.494 e. The van der Waals surface area contributed by atoms with E-state index in [1.807, 2.05) is 60.3 Å². The van der Waals surface area contributed by atoms with E-state index in [2.05, 4.69) is 17.1 Å². The molecule has 0 saturated carbocycles. The van der Waals surface area contributed by atoms with Crippen LogP contribution in [-0.4, -0.2) is 60.9 Å². The molecule has 0 radical (unpaired) electrons. The molecule has 0 spiro atoms. The molecule has 1 aliphatic rings. The zero-order valence-electron chi connectivity index (χ0n) is 18.2. The highest BCUT2D eigenvalue weighted by molar-refractivity contribution is 5.94. The van der Waals surface area contributed by atoms with Crippen LogP contribution in [0.2, 0.25) is 0 Å². The van der Waals surface area contributed by atoms with Gasteiger partial charge in [0.15, 0.2) is 5.82 Å². The molecule has 1 aromatic carbocycles. The van der Waals surface area contributed by atoms with Crippen molar-refractivity contribution in [3.8, 4) is 11.6 Å². The zero-order valence-corrected chi connectivity index (χ0v) is 18.2. The van der Waals surface area contributed by atoms with Crippen molar-refractivity contribution in [1.82, 2.24) is 15.1 Å². The summed E-state index contributed by atoms with van der Waals surface area (Å²) in [5, 5.41) is 8.28. The number of aromatic nitrogens is 2. The monoisotopic (exact) mass is 412 g/mol. The van der Waals surface area contributed by atoms with Gasteiger partial charge >= 0.3 is 0 Å². The summed E-state index contributed by atoms with van der Waals surface area (Å²) in [5.41, 5.74) is 0.673. The highest BCUT2D eigenvalue weighted by Crippen LogP contribution is 2.20. The Morgan fingerprint density at radius 3 is 2.60 bits per heavy atom. The molecular weight excluding hydrogens is 380 g/mol. The van der Waals surface area contributed by atoms with Crippen LogP contribution in [0.3, 0.4) is 0 Å². The Hall–Kier alpha value is -2.83. The van der Waals surface area contributed by atoms with E-state index in [9.17, 15) is 4.79 Å². The van der Waals surface area contributed by atoms with Gasteiger partial charge in [-0.25, -0.2) is 0 Å². The molecule has 7 heteroatoms. The van der Waals surface area contributed by atoms with Crippen LogP contribution in [0.25, 0.3) is 0 Å². The van der Waals surface area contributed by atoms with E-state index in [1.54, 1.807) is 0 Å². The molecule has 1 fully saturated rings. The van der Waals surface area contributed by atoms with Crippen LogP contribution in [0, 0.1) is 0 Å². The maximum Gasteiger partial charge on any atom is 0.253 e. The number of benzene rings is 1. The fraction of sp³-hybridized carbons (Fsp3) is 0.522. The third-order valence-corrected chi connectivity index (χ3v) is 5.15. The molecule has 7 nitrogen and oxygen atoms in total. The number of carbonyl (C=O) groups is 1. The lowest BCUT2D eigenvalue weighted by atomic mass is 10.1. The molecule has 30 heavy (non-hydrogen) atoms. The number of piperidine rings is 1. The summed E-state index contributed by atoms with van der Waals surface area (Å²) in [6, 6.07) is 11.1. The van der Waals surface area contributed by atoms with Gasteiger partial charge in [0.05, 0.1) is 13.2 Å². The van der Waals surface area contributed by atoms with Crippen molar-refractivity contribution >= 4 is 11.7 Å². The summed E-state index contributed by atoms with van der Waals surface area (Å²) in [6.07, 6.45) is 5.10. The van der Waals surface area contributed by atoms with Crippen molar-refractivity contribution in [3.63, 3.8) is 0 Å². The van der Waals surface area contributed by atoms with Crippen LogP contribution >= 0.6 is 0 Å². The van der Waals surface area contributed by atoms with Crippen LogP contribution < -0.4 is 14.4 Å². The van der Waals surface area contributed by atoms with Gasteiger partial charge in [0.2, 0.25) is 5.88 Å². The fourth-order valence-corrected chi connectivity index (χ4v) is 3.42. The second-order valence-electron chi connectivity index (χ2n) is 7.84. The summed E-state index contributed by atoms with van der Waals surface area (Å²) >= 11 is 0. The molecule has 162 valence electrons. The SMILES string of the molecule is CCCCCOc1ccc(C(=O)N2CCCC(Oc3ccc(N(C)C)nn3)C2)cc1. The molecule has 1 aromatic heterocycles. The first-order valence-electron chi connectivity index (χ1n) is 10.8. The first-order chi connectivity index (χ1) is 14.6. The molecule has 2 aromatic rings. The lowest BCUT2D eigenvalue weighted by Gasteiger charge is -2.32. The number of anilines is 1. The summed E-state index contributed by atoms with van der Waals surface area (Å²) in [4.78, 5) is 16.7. The lowest BCUT2D eigenvalue weighted by Crippen LogP contribution is -2.44. The highest BCUT2D eigenvalue weighted by Gasteiger charge is 2.26. The third-order valence-electron chi connectivity index (χ3n) is 5.15. The number of likely N-dealkylation sites (tertiary alicyclic amines) is 1. The number of ether oxygens (including phenoxy) is 2. The van der Waals surface area contributed by atoms with Gasteiger partial charge < -0.3 is 19.3 Å². The minimum absolute atomic E-state index is 0.0230. The van der Waals surface area contributed by atoms with Crippen LogP contribution in [0.1, 0.15) is 49.4 Å². The Morgan fingerprint density at radius 1 is 1.13 bits per heavy atom. The predicted molar refractivity (Wildman–Crippen MR) is 117 cm³/mol. The molecule has 0 bridgehead atoms. The first-order valence-corrected chi connectivity index (χ1v) is 10.8. The van der Waals surface area contributed by atoms with Crippen LogP contribution in [0.5, 0.6) is 11.6 Å². The highest BCUT2D eigenvalue weighted by atomic mass is 16.5. The smallest absolute Gasteiger partial charge is 0.253 e. The molecule has 0 aliphatic carbocycles. The summed E-state index contributed by atoms with van der Waals surface area (Å²) in [5.74, 6) is 2.10. The average molecular weight is 413 g/mol. The third kappa shape index (κ3) is 6.08. The fourth-order valence-electron chi connectivity index (χ4n) is 3.42. The van der Waals surface area contributed by atoms with Gasteiger partial charge in [0.25, 0.3) is 5.91 Å². The Balaban J connectivity index is 1.53. The van der Waals surface area contributed by atoms with Crippen LogP contribution in [0.15, 0.2) is 36.4 Å². The second kappa shape index (κ2) is 10.8. The number of rotatable bonds is 9. The van der Waals surface area contributed by atoms with Gasteiger partial charge in [0.1, 0.15) is 11.9 Å². The zero-order chi connectivity index (χ0) is 21.3. The summed E-state index contributed by atoms with van der Waals surface area (Å²) in [7, 11) is 3.83. The average Bonchev–Trinajstić information content (AvgIpc) is 2.77. The second-order valence-corrected chi connectivity index (χ2v) is 7.84. The van der Waals surface area contributed by atoms with E-state index in [-0.39, 0.29) is 12.0 Å². The molecule has 1 aliphatic heterocycles. The van der Waals surface area contributed by atoms with Gasteiger partial charge in [-0.3, -0.25) is 4.79 Å². The number of nitrogens with zero attached hydrogens (tertiary/aromatic N) is 4. The summed E-state index contributed by atoms with van der Waals surface area (Å²) < 4.78 is 11.7. The molecule has 1 amide bonds. The van der Waals surface area contributed by atoms with Crippen LogP contribution in [0.4, 0.5) is 5.82 Å². The van der Waals surface area contributed by atoms with Crippen molar-refractivity contribution in [2.75, 3.05) is 38.7 Å². The molecule has 3 rings (SSSR count). The minimum Gasteiger partial charge on any atom is -0.494 e. The van der Waals surface area contributed by atoms with Crippen LogP contribution in [-0.2, 0) is 0 Å². The molecule has 1 atom stereocenters. The molecule has 1 unspecified atom stereocenters. The maximum atomic E-state index is 12.9. The topological polar surface area (TPSA) is 67.8 Å². The van der Waals surface area contributed by atoms with Gasteiger partial charge in [0, 0.05) is 32.3 Å². The van der Waals surface area contributed by atoms with Crippen molar-refractivity contribution in [1.29, 1.82) is 0 Å². The maximum absolute atomic E-state index is 12.9. The van der Waals surface area contributed by atoms with E-state index < -0.39 is 0 Å². The lowest BCUT2D eigenvalue weighted by molar-refractivity contribution is 0.0525. The van der Waals surface area contributed by atoms with Gasteiger partial charge in [-0.15, -0.1) is 10.2 Å². The molecule has 0 N–H and O–H groups in total. The number of amides is 1. The van der Waals surface area contributed by atoms with Gasteiger partial charge in [-0.05, 0) is 49.6 Å². The Morgan fingerprint density at radius 2 is 1.93 bits per heavy atom. The number of unbranched alkanes of at least 4 members (excludes halogenated alkanes) is 2. The first kappa shape index (κ1) is 21.9. The van der Waals surface area contributed by atoms with Crippen molar-refractivity contribution < 1.29 is 14.3 Å². The summed E-state index contributed by atoms with van der Waals surface area (Å²) in [6.45, 7) is 4.17. The van der Waals surface area contributed by atoms with E-state index in [0.717, 1.165) is 37.4 Å². The standard InChI is InChI=1S/C23H32N4O3/c1-4-5-6-16-29-19-11-9-18(10-12-19)23(28)27-15-7-8-20(17-27)30-22-14-13-21(24-25-22)26(2)3/h9-14,20H,4-8,15-17H2,1-3H3. The Bertz CT molecular complexity index is 793. The van der Waals surface area contributed by atoms with Gasteiger partial charge in [-0.1, -0.05) is 19.8 Å². The van der Waals surface area contributed by atoms with Crippen molar-refractivity contribution in [2.45, 2.75) is 45.1 Å². The minimum atomic E-state index is -0.0802. The molecule has 2 heterocycles. The number of carbonyl (C=O) groups excluding carboxylic acids is 1. The number of hydrogen-bond donors (Lipinski definition) is 0. The van der Waals surface area contributed by atoms with E-state index in [4.69, 9.17) is 9.47 Å². The van der Waals surface area contributed by atoms with Crippen molar-refractivity contribution in [2.24, 2.45) is 0 Å². The number of hydrogen-bond acceptors (Lipinski definition) is 6. The van der Waals surface area contributed by atoms with E-state index in [1.165, 1.54) is 12.8 Å². The van der Waals surface area contributed by atoms with Gasteiger partial charge in [-0.2, -0.15) is 0 Å².